The lowest BCUT2D eigenvalue weighted by molar-refractivity contribution is -0.142. The molecule has 90 valence electrons. The van der Waals surface area contributed by atoms with Crippen LogP contribution in [-0.4, -0.2) is 14.8 Å². The smallest absolute Gasteiger partial charge is 0.265 e. The fourth-order valence-corrected chi connectivity index (χ4v) is 1.87. The number of rotatable bonds is 2. The first-order valence-electron chi connectivity index (χ1n) is 4.67. The Morgan fingerprint density at radius 3 is 2.59 bits per heavy atom. The summed E-state index contributed by atoms with van der Waals surface area (Å²) in [6.45, 7) is 0.204. The first-order valence-corrected chi connectivity index (χ1v) is 5.46. The molecule has 0 unspecified atom stereocenters. The van der Waals surface area contributed by atoms with Gasteiger partial charge in [0, 0.05) is 12.4 Å². The maximum atomic E-state index is 12.5. The summed E-state index contributed by atoms with van der Waals surface area (Å²) in [5.41, 5.74) is -0.273. The van der Waals surface area contributed by atoms with Crippen molar-refractivity contribution in [2.75, 3.05) is 0 Å². The monoisotopic (exact) mass is 305 g/mol. The Morgan fingerprint density at radius 2 is 2.06 bits per heavy atom. The lowest BCUT2D eigenvalue weighted by Crippen LogP contribution is -2.09. The highest BCUT2D eigenvalue weighted by Crippen LogP contribution is 2.33. The predicted molar refractivity (Wildman–Crippen MR) is 58.3 cm³/mol. The molecule has 0 saturated heterocycles. The van der Waals surface area contributed by atoms with Gasteiger partial charge in [-0.05, 0) is 28.1 Å². The molecule has 3 nitrogen and oxygen atoms in total. The third-order valence-corrected chi connectivity index (χ3v) is 2.62. The highest BCUT2D eigenvalue weighted by molar-refractivity contribution is 9.10. The predicted octanol–water partition coefficient (Wildman–Crippen LogP) is 3.11. The summed E-state index contributed by atoms with van der Waals surface area (Å²) in [5, 5.41) is 3.48. The van der Waals surface area contributed by atoms with Gasteiger partial charge in [-0.2, -0.15) is 18.3 Å². The number of hydrogen-bond acceptors (Lipinski definition) is 2. The SMILES string of the molecule is FC(F)(F)c1nn(Cc2ccccn2)cc1Br. The van der Waals surface area contributed by atoms with Crippen LogP contribution in [0.2, 0.25) is 0 Å². The van der Waals surface area contributed by atoms with E-state index in [1.54, 1.807) is 24.4 Å². The van der Waals surface area contributed by atoms with Crippen molar-refractivity contribution in [1.82, 2.24) is 14.8 Å². The fraction of sp³-hybridized carbons (Fsp3) is 0.200. The van der Waals surface area contributed by atoms with Gasteiger partial charge < -0.3 is 0 Å². The molecule has 2 aromatic heterocycles. The average Bonchev–Trinajstić information content (AvgIpc) is 2.60. The average molecular weight is 306 g/mol. The van der Waals surface area contributed by atoms with Gasteiger partial charge in [-0.25, -0.2) is 0 Å². The van der Waals surface area contributed by atoms with Crippen molar-refractivity contribution in [3.8, 4) is 0 Å². The van der Waals surface area contributed by atoms with Gasteiger partial charge in [-0.1, -0.05) is 6.07 Å². The van der Waals surface area contributed by atoms with E-state index in [1.807, 2.05) is 0 Å². The van der Waals surface area contributed by atoms with Gasteiger partial charge >= 0.3 is 6.18 Å². The van der Waals surface area contributed by atoms with Gasteiger partial charge in [0.2, 0.25) is 0 Å². The minimum atomic E-state index is -4.45. The summed E-state index contributed by atoms with van der Waals surface area (Å²) < 4.78 is 38.6. The van der Waals surface area contributed by atoms with Crippen LogP contribution >= 0.6 is 15.9 Å². The molecule has 0 radical (unpaired) electrons. The molecule has 0 N–H and O–H groups in total. The molecular weight excluding hydrogens is 299 g/mol. The molecule has 0 aliphatic rings. The molecule has 0 bridgehead atoms. The number of aromatic nitrogens is 3. The maximum absolute atomic E-state index is 12.5. The van der Waals surface area contributed by atoms with Crippen molar-refractivity contribution in [3.05, 3.63) is 46.5 Å². The molecule has 2 aromatic rings. The van der Waals surface area contributed by atoms with Crippen LogP contribution in [0.5, 0.6) is 0 Å². The molecule has 0 saturated carbocycles. The Kier molecular flexibility index (Phi) is 3.19. The summed E-state index contributed by atoms with van der Waals surface area (Å²) in [4.78, 5) is 4.02. The van der Waals surface area contributed by atoms with Crippen molar-refractivity contribution in [1.29, 1.82) is 0 Å². The van der Waals surface area contributed by atoms with Crippen LogP contribution in [0.4, 0.5) is 13.2 Å². The summed E-state index contributed by atoms with van der Waals surface area (Å²) in [6.07, 6.45) is -1.58. The van der Waals surface area contributed by atoms with Crippen molar-refractivity contribution in [2.24, 2.45) is 0 Å². The van der Waals surface area contributed by atoms with E-state index in [4.69, 9.17) is 0 Å². The molecule has 2 rings (SSSR count). The van der Waals surface area contributed by atoms with E-state index in [9.17, 15) is 13.2 Å². The maximum Gasteiger partial charge on any atom is 0.436 e. The Bertz CT molecular complexity index is 507. The molecule has 17 heavy (non-hydrogen) atoms. The van der Waals surface area contributed by atoms with Gasteiger partial charge in [0.1, 0.15) is 0 Å². The molecule has 7 heteroatoms. The number of halogens is 4. The summed E-state index contributed by atoms with van der Waals surface area (Å²) >= 11 is 2.84. The van der Waals surface area contributed by atoms with E-state index in [2.05, 4.69) is 26.0 Å². The number of nitrogens with zero attached hydrogens (tertiary/aromatic N) is 3. The van der Waals surface area contributed by atoms with Crippen LogP contribution in [-0.2, 0) is 12.7 Å². The van der Waals surface area contributed by atoms with Crippen molar-refractivity contribution >= 4 is 15.9 Å². The first kappa shape index (κ1) is 12.1. The Labute approximate surface area is 103 Å². The van der Waals surface area contributed by atoms with Gasteiger partial charge in [-0.15, -0.1) is 0 Å². The van der Waals surface area contributed by atoms with E-state index in [1.165, 1.54) is 10.9 Å². The Balaban J connectivity index is 2.24. The van der Waals surface area contributed by atoms with Crippen molar-refractivity contribution < 1.29 is 13.2 Å². The number of pyridine rings is 1. The van der Waals surface area contributed by atoms with Crippen LogP contribution in [0.1, 0.15) is 11.4 Å². The van der Waals surface area contributed by atoms with E-state index in [-0.39, 0.29) is 11.0 Å². The molecule has 0 fully saturated rings. The van der Waals surface area contributed by atoms with Crippen molar-refractivity contribution in [3.63, 3.8) is 0 Å². The van der Waals surface area contributed by atoms with Crippen molar-refractivity contribution in [2.45, 2.75) is 12.7 Å². The van der Waals surface area contributed by atoms with E-state index >= 15 is 0 Å². The minimum Gasteiger partial charge on any atom is -0.265 e. The Morgan fingerprint density at radius 1 is 1.29 bits per heavy atom. The number of hydrogen-bond donors (Lipinski definition) is 0. The third-order valence-electron chi connectivity index (χ3n) is 2.04. The molecule has 0 aromatic carbocycles. The first-order chi connectivity index (χ1) is 7.97. The second-order valence-electron chi connectivity index (χ2n) is 3.34. The van der Waals surface area contributed by atoms with E-state index in [0.29, 0.717) is 5.69 Å². The van der Waals surface area contributed by atoms with Gasteiger partial charge in [0.05, 0.1) is 16.7 Å². The van der Waals surface area contributed by atoms with Gasteiger partial charge in [0.15, 0.2) is 5.69 Å². The van der Waals surface area contributed by atoms with Crippen LogP contribution in [0.25, 0.3) is 0 Å². The molecular formula is C10H7BrF3N3. The normalized spacial score (nSPS) is 11.8. The van der Waals surface area contributed by atoms with E-state index in [0.717, 1.165) is 0 Å². The largest absolute Gasteiger partial charge is 0.436 e. The van der Waals surface area contributed by atoms with Crippen LogP contribution in [0, 0.1) is 0 Å². The highest BCUT2D eigenvalue weighted by atomic mass is 79.9. The van der Waals surface area contributed by atoms with Gasteiger partial charge in [0.25, 0.3) is 0 Å². The molecule has 0 aliphatic carbocycles. The topological polar surface area (TPSA) is 30.7 Å². The molecule has 0 atom stereocenters. The Hall–Kier alpha value is -1.37. The third kappa shape index (κ3) is 2.85. The van der Waals surface area contributed by atoms with Crippen LogP contribution < -0.4 is 0 Å². The molecule has 0 amide bonds. The lowest BCUT2D eigenvalue weighted by atomic mass is 10.3. The zero-order valence-electron chi connectivity index (χ0n) is 8.45. The highest BCUT2D eigenvalue weighted by Gasteiger charge is 2.36. The summed E-state index contributed by atoms with van der Waals surface area (Å²) in [5.74, 6) is 0. The van der Waals surface area contributed by atoms with E-state index < -0.39 is 11.9 Å². The summed E-state index contributed by atoms with van der Waals surface area (Å²) in [7, 11) is 0. The van der Waals surface area contributed by atoms with Crippen LogP contribution in [0.3, 0.4) is 0 Å². The second-order valence-corrected chi connectivity index (χ2v) is 4.20. The zero-order chi connectivity index (χ0) is 12.5. The quantitative estimate of drug-likeness (QED) is 0.853. The standard InChI is InChI=1S/C10H7BrF3N3/c11-8-6-17(16-9(8)10(12,13)14)5-7-3-1-2-4-15-7/h1-4,6H,5H2. The summed E-state index contributed by atoms with van der Waals surface area (Å²) in [6, 6.07) is 5.23. The zero-order valence-corrected chi connectivity index (χ0v) is 10.0. The molecule has 0 spiro atoms. The number of alkyl halides is 3. The molecule has 0 aliphatic heterocycles. The minimum absolute atomic E-state index is 0.0686. The van der Waals surface area contributed by atoms with Gasteiger partial charge in [-0.3, -0.25) is 9.67 Å². The fourth-order valence-electron chi connectivity index (χ4n) is 1.33. The second kappa shape index (κ2) is 4.48. The van der Waals surface area contributed by atoms with Crippen LogP contribution in [0.15, 0.2) is 35.1 Å². The lowest BCUT2D eigenvalue weighted by Gasteiger charge is -2.02. The molecule has 2 heterocycles.